The Labute approximate surface area is 207 Å². The monoisotopic (exact) mass is 481 g/mol. The Kier molecular flexibility index (Phi) is 6.28. The van der Waals surface area contributed by atoms with E-state index in [9.17, 15) is 9.90 Å². The molecule has 6 rings (SSSR count). The molecule has 2 atom stereocenters. The molecule has 0 unspecified atom stereocenters. The maximum Gasteiger partial charge on any atom is 0.137 e. The van der Waals surface area contributed by atoms with Gasteiger partial charge in [-0.3, -0.25) is 0 Å². The summed E-state index contributed by atoms with van der Waals surface area (Å²) < 4.78 is 5.72. The van der Waals surface area contributed by atoms with Gasteiger partial charge in [0.2, 0.25) is 0 Å². The van der Waals surface area contributed by atoms with Gasteiger partial charge < -0.3 is 24.4 Å². The summed E-state index contributed by atoms with van der Waals surface area (Å²) >= 11 is 6.49. The predicted molar refractivity (Wildman–Crippen MR) is 133 cm³/mol. The van der Waals surface area contributed by atoms with Gasteiger partial charge in [0, 0.05) is 12.6 Å². The highest BCUT2D eigenvalue weighted by atomic mass is 35.5. The van der Waals surface area contributed by atoms with Gasteiger partial charge in [-0.1, -0.05) is 56.6 Å². The van der Waals surface area contributed by atoms with Gasteiger partial charge in [0.1, 0.15) is 11.8 Å². The second kappa shape index (κ2) is 9.09. The van der Waals surface area contributed by atoms with Gasteiger partial charge in [0.15, 0.2) is 0 Å². The largest absolute Gasteiger partial charge is 0.530 e. The smallest absolute Gasteiger partial charge is 0.137 e. The van der Waals surface area contributed by atoms with E-state index in [1.165, 1.54) is 5.56 Å². The molecule has 0 saturated carbocycles. The van der Waals surface area contributed by atoms with Gasteiger partial charge >= 0.3 is 0 Å². The van der Waals surface area contributed by atoms with Crippen molar-refractivity contribution in [1.29, 1.82) is 0 Å². The Morgan fingerprint density at radius 3 is 2.50 bits per heavy atom. The SMILES string of the molecule is CCCOc1ccc(-c2ccc3c(c2)CC(C)(C)[C@H]3N(C(=O)[O-])[C@@H]2CN3CCC2CC3)cc1Cl. The van der Waals surface area contributed by atoms with E-state index in [4.69, 9.17) is 16.3 Å². The maximum absolute atomic E-state index is 12.6. The zero-order valence-corrected chi connectivity index (χ0v) is 21.1. The Bertz CT molecular complexity index is 1080. The Morgan fingerprint density at radius 1 is 1.18 bits per heavy atom. The molecule has 0 aromatic heterocycles. The molecule has 0 N–H and O–H groups in total. The van der Waals surface area contributed by atoms with Crippen molar-refractivity contribution in [3.8, 4) is 16.9 Å². The number of fused-ring (bicyclic) bond motifs is 4. The van der Waals surface area contributed by atoms with E-state index < -0.39 is 6.09 Å². The molecule has 3 saturated heterocycles. The van der Waals surface area contributed by atoms with Crippen LogP contribution in [0.2, 0.25) is 5.02 Å². The van der Waals surface area contributed by atoms with E-state index >= 15 is 0 Å². The molecule has 2 aromatic carbocycles. The van der Waals surface area contributed by atoms with E-state index in [1.54, 1.807) is 4.90 Å². The second-order valence-electron chi connectivity index (χ2n) is 10.9. The van der Waals surface area contributed by atoms with E-state index in [-0.39, 0.29) is 17.5 Å². The molecule has 0 spiro atoms. The minimum atomic E-state index is -1.04. The Hall–Kier alpha value is -2.24. The fourth-order valence-corrected chi connectivity index (χ4v) is 6.67. The predicted octanol–water partition coefficient (Wildman–Crippen LogP) is 5.16. The molecule has 4 aliphatic rings. The molecule has 1 amide bonds. The number of piperidine rings is 3. The van der Waals surface area contributed by atoms with Gasteiger partial charge in [0.05, 0.1) is 17.7 Å². The lowest BCUT2D eigenvalue weighted by molar-refractivity contribution is -0.276. The van der Waals surface area contributed by atoms with Crippen molar-refractivity contribution >= 4 is 17.7 Å². The minimum absolute atomic E-state index is 0.0110. The van der Waals surface area contributed by atoms with Crippen molar-refractivity contribution in [1.82, 2.24) is 9.80 Å². The average Bonchev–Trinajstić information content (AvgIpc) is 3.08. The number of carbonyl (C=O) groups excluding carboxylic acids is 1. The summed E-state index contributed by atoms with van der Waals surface area (Å²) in [5, 5.41) is 13.2. The fourth-order valence-electron chi connectivity index (χ4n) is 6.43. The quantitative estimate of drug-likeness (QED) is 0.572. The third kappa shape index (κ3) is 4.18. The molecular formula is C28H34ClN2O3-. The van der Waals surface area contributed by atoms with Crippen molar-refractivity contribution in [2.24, 2.45) is 11.3 Å². The van der Waals surface area contributed by atoms with Crippen LogP contribution >= 0.6 is 11.6 Å². The van der Waals surface area contributed by atoms with Gasteiger partial charge in [-0.25, -0.2) is 0 Å². The third-order valence-corrected chi connectivity index (χ3v) is 8.31. The zero-order valence-electron chi connectivity index (χ0n) is 20.4. The first-order valence-corrected chi connectivity index (χ1v) is 12.9. The molecule has 3 fully saturated rings. The molecular weight excluding hydrogens is 448 g/mol. The lowest BCUT2D eigenvalue weighted by Gasteiger charge is -2.53. The summed E-state index contributed by atoms with van der Waals surface area (Å²) in [6.07, 6.45) is 2.88. The van der Waals surface area contributed by atoms with Crippen LogP contribution in [0.4, 0.5) is 4.79 Å². The molecule has 1 aliphatic carbocycles. The number of nitrogens with zero attached hydrogens (tertiary/aromatic N) is 2. The molecule has 3 heterocycles. The number of hydrogen-bond donors (Lipinski definition) is 0. The fraction of sp³-hybridized carbons (Fsp3) is 0.536. The highest BCUT2D eigenvalue weighted by molar-refractivity contribution is 6.32. The van der Waals surface area contributed by atoms with Crippen LogP contribution < -0.4 is 9.84 Å². The maximum atomic E-state index is 12.6. The molecule has 2 bridgehead atoms. The van der Waals surface area contributed by atoms with Crippen LogP contribution in [0.5, 0.6) is 5.75 Å². The Morgan fingerprint density at radius 2 is 1.88 bits per heavy atom. The second-order valence-corrected chi connectivity index (χ2v) is 11.3. The van der Waals surface area contributed by atoms with Crippen LogP contribution in [0.1, 0.15) is 57.2 Å². The van der Waals surface area contributed by atoms with Crippen LogP contribution in [-0.2, 0) is 6.42 Å². The molecule has 2 aromatic rings. The number of rotatable bonds is 6. The molecule has 34 heavy (non-hydrogen) atoms. The minimum Gasteiger partial charge on any atom is -0.530 e. The van der Waals surface area contributed by atoms with Crippen molar-refractivity contribution in [2.75, 3.05) is 26.2 Å². The lowest BCUT2D eigenvalue weighted by atomic mass is 9.79. The summed E-state index contributed by atoms with van der Waals surface area (Å²) in [5.41, 5.74) is 4.24. The van der Waals surface area contributed by atoms with Crippen molar-refractivity contribution in [2.45, 2.75) is 58.5 Å². The molecule has 3 aliphatic heterocycles. The van der Waals surface area contributed by atoms with E-state index in [0.29, 0.717) is 23.3 Å². The first-order chi connectivity index (χ1) is 16.3. The number of halogens is 1. The first kappa shape index (κ1) is 23.5. The van der Waals surface area contributed by atoms with Crippen LogP contribution in [0, 0.1) is 11.3 Å². The zero-order chi connectivity index (χ0) is 24.0. The van der Waals surface area contributed by atoms with E-state index in [2.05, 4.69) is 43.9 Å². The van der Waals surface area contributed by atoms with Gasteiger partial charge in [0.25, 0.3) is 0 Å². The summed E-state index contributed by atoms with van der Waals surface area (Å²) in [7, 11) is 0. The van der Waals surface area contributed by atoms with Crippen LogP contribution in [0.3, 0.4) is 0 Å². The van der Waals surface area contributed by atoms with Crippen LogP contribution in [0.25, 0.3) is 11.1 Å². The number of benzene rings is 2. The summed E-state index contributed by atoms with van der Waals surface area (Å²) in [6.45, 7) is 10.1. The van der Waals surface area contributed by atoms with Crippen molar-refractivity contribution in [3.63, 3.8) is 0 Å². The molecule has 0 radical (unpaired) electrons. The number of ether oxygens (including phenoxy) is 1. The van der Waals surface area contributed by atoms with Gasteiger partial charge in [-0.15, -0.1) is 0 Å². The van der Waals surface area contributed by atoms with Crippen molar-refractivity contribution < 1.29 is 14.6 Å². The third-order valence-electron chi connectivity index (χ3n) is 8.02. The molecule has 5 nitrogen and oxygen atoms in total. The highest BCUT2D eigenvalue weighted by Gasteiger charge is 2.48. The number of amides is 1. The molecule has 182 valence electrons. The number of carboxylic acid groups (broad SMARTS) is 1. The summed E-state index contributed by atoms with van der Waals surface area (Å²) in [6, 6.07) is 12.2. The Balaban J connectivity index is 1.47. The van der Waals surface area contributed by atoms with Crippen LogP contribution in [0.15, 0.2) is 36.4 Å². The lowest BCUT2D eigenvalue weighted by Crippen LogP contribution is -2.62. The highest BCUT2D eigenvalue weighted by Crippen LogP contribution is 2.51. The van der Waals surface area contributed by atoms with Crippen molar-refractivity contribution in [3.05, 3.63) is 52.5 Å². The number of hydrogen-bond acceptors (Lipinski definition) is 4. The normalized spacial score (nSPS) is 26.8. The van der Waals surface area contributed by atoms with E-state index in [0.717, 1.165) is 62.0 Å². The van der Waals surface area contributed by atoms with E-state index in [1.807, 2.05) is 18.2 Å². The summed E-state index contributed by atoms with van der Waals surface area (Å²) in [4.78, 5) is 16.7. The van der Waals surface area contributed by atoms with Crippen LogP contribution in [-0.4, -0.2) is 48.2 Å². The van der Waals surface area contributed by atoms with Gasteiger partial charge in [-0.05, 0) is 84.5 Å². The van der Waals surface area contributed by atoms with Gasteiger partial charge in [-0.2, -0.15) is 0 Å². The average molecular weight is 482 g/mol. The molecule has 6 heteroatoms. The summed E-state index contributed by atoms with van der Waals surface area (Å²) in [5.74, 6) is 1.13. The number of carbonyl (C=O) groups is 1. The first-order valence-electron chi connectivity index (χ1n) is 12.6. The topological polar surface area (TPSA) is 55.8 Å². The standard InChI is InChI=1S/C28H35ClN2O3/c1-4-13-34-25-8-6-20(15-23(25)29)19-5-7-22-21(14-19)16-28(2,3)26(22)31(27(32)33)24-17-30-11-9-18(24)10-12-30/h5-8,14-15,18,24,26H,4,9-13,16-17H2,1-3H3,(H,32,33)/p-1/t24-,26+/m1/s1.